The van der Waals surface area contributed by atoms with Gasteiger partial charge in [-0.25, -0.2) is 13.2 Å². The Morgan fingerprint density at radius 3 is 2.43 bits per heavy atom. The zero-order chi connectivity index (χ0) is 25.8. The molecule has 35 heavy (non-hydrogen) atoms. The number of halogens is 6. The first-order valence-electron chi connectivity index (χ1n) is 10.7. The molecule has 0 spiro atoms. The highest BCUT2D eigenvalue weighted by atomic mass is 19.4. The van der Waals surface area contributed by atoms with Crippen molar-refractivity contribution in [3.8, 4) is 5.75 Å². The van der Waals surface area contributed by atoms with Crippen molar-refractivity contribution in [1.82, 2.24) is 10.2 Å². The number of hydrogen-bond acceptors (Lipinski definition) is 4. The molecule has 2 amide bonds. The number of alkyl halides is 3. The highest BCUT2D eigenvalue weighted by Crippen LogP contribution is 2.24. The molecular weight excluding hydrogens is 480 g/mol. The fourth-order valence-corrected chi connectivity index (χ4v) is 3.84. The summed E-state index contributed by atoms with van der Waals surface area (Å²) in [5.74, 6) is -4.93. The third-order valence-corrected chi connectivity index (χ3v) is 5.47. The van der Waals surface area contributed by atoms with E-state index in [4.69, 9.17) is 5.73 Å². The Morgan fingerprint density at radius 1 is 1.11 bits per heavy atom. The molecule has 12 heteroatoms. The van der Waals surface area contributed by atoms with Gasteiger partial charge in [0.25, 0.3) is 0 Å². The molecule has 0 saturated carbocycles. The Hall–Kier alpha value is -3.28. The van der Waals surface area contributed by atoms with Gasteiger partial charge in [-0.3, -0.25) is 9.59 Å². The van der Waals surface area contributed by atoms with E-state index in [0.29, 0.717) is 30.7 Å². The first kappa shape index (κ1) is 26.3. The van der Waals surface area contributed by atoms with Gasteiger partial charge in [0, 0.05) is 38.0 Å². The zero-order valence-corrected chi connectivity index (χ0v) is 18.4. The summed E-state index contributed by atoms with van der Waals surface area (Å²) in [6.07, 6.45) is -4.88. The lowest BCUT2D eigenvalue weighted by Gasteiger charge is -2.29. The summed E-state index contributed by atoms with van der Waals surface area (Å²) in [5.41, 5.74) is 6.28. The minimum atomic E-state index is -4.84. The summed E-state index contributed by atoms with van der Waals surface area (Å²) >= 11 is 0. The third-order valence-electron chi connectivity index (χ3n) is 5.47. The van der Waals surface area contributed by atoms with Crippen LogP contribution in [-0.4, -0.2) is 48.2 Å². The second-order valence-corrected chi connectivity index (χ2v) is 8.17. The van der Waals surface area contributed by atoms with Crippen LogP contribution in [0.25, 0.3) is 0 Å². The van der Waals surface area contributed by atoms with Crippen molar-refractivity contribution in [2.45, 2.75) is 44.1 Å². The van der Waals surface area contributed by atoms with E-state index in [1.807, 2.05) is 0 Å². The van der Waals surface area contributed by atoms with E-state index in [1.54, 1.807) is 0 Å². The largest absolute Gasteiger partial charge is 0.573 e. The van der Waals surface area contributed by atoms with Crippen LogP contribution in [0.3, 0.4) is 0 Å². The smallest absolute Gasteiger partial charge is 0.406 e. The van der Waals surface area contributed by atoms with Gasteiger partial charge < -0.3 is 20.7 Å². The van der Waals surface area contributed by atoms with E-state index in [2.05, 4.69) is 10.1 Å². The lowest BCUT2D eigenvalue weighted by molar-refractivity contribution is -0.274. The average molecular weight is 503 g/mol. The molecule has 3 N–H and O–H groups in total. The van der Waals surface area contributed by atoms with Crippen LogP contribution in [0.1, 0.15) is 24.0 Å². The molecule has 2 aromatic rings. The van der Waals surface area contributed by atoms with Crippen LogP contribution < -0.4 is 15.8 Å². The van der Waals surface area contributed by atoms with Crippen molar-refractivity contribution in [1.29, 1.82) is 0 Å². The third kappa shape index (κ3) is 7.35. The molecule has 2 aromatic carbocycles. The second kappa shape index (κ2) is 11.0. The monoisotopic (exact) mass is 503 g/mol. The molecule has 1 unspecified atom stereocenters. The van der Waals surface area contributed by atoms with E-state index in [0.717, 1.165) is 12.1 Å². The van der Waals surface area contributed by atoms with Crippen molar-refractivity contribution >= 4 is 11.8 Å². The standard InChI is InChI=1S/C23H23F6N3O3/c24-17-12-19(26)18(25)10-14(17)9-15(30)11-21(33)32-7-1-6-31-22(34)20(32)8-13-2-4-16(5-3-13)35-23(27,28)29/h2-5,10,12,15,20H,1,6-9,11,30H2,(H,31,34)/t15?,20-/m1/s1. The van der Waals surface area contributed by atoms with Crippen molar-refractivity contribution in [3.63, 3.8) is 0 Å². The number of rotatable bonds is 7. The summed E-state index contributed by atoms with van der Waals surface area (Å²) in [5, 5.41) is 2.69. The second-order valence-electron chi connectivity index (χ2n) is 8.17. The zero-order valence-electron chi connectivity index (χ0n) is 18.4. The quantitative estimate of drug-likeness (QED) is 0.449. The molecule has 0 bridgehead atoms. The van der Waals surface area contributed by atoms with Gasteiger partial charge in [0.1, 0.15) is 17.6 Å². The van der Waals surface area contributed by atoms with Crippen LogP contribution in [0, 0.1) is 17.5 Å². The Kier molecular flexibility index (Phi) is 8.26. The summed E-state index contributed by atoms with van der Waals surface area (Å²) in [7, 11) is 0. The molecule has 1 heterocycles. The van der Waals surface area contributed by atoms with Gasteiger partial charge in [0.2, 0.25) is 11.8 Å². The van der Waals surface area contributed by atoms with E-state index in [1.165, 1.54) is 17.0 Å². The minimum Gasteiger partial charge on any atom is -0.406 e. The molecule has 0 aromatic heterocycles. The molecule has 190 valence electrons. The van der Waals surface area contributed by atoms with E-state index >= 15 is 0 Å². The normalized spacial score (nSPS) is 17.5. The Labute approximate surface area is 197 Å². The Bertz CT molecular complexity index is 1060. The number of nitrogens with one attached hydrogen (secondary N) is 1. The van der Waals surface area contributed by atoms with E-state index in [-0.39, 0.29) is 31.4 Å². The van der Waals surface area contributed by atoms with Gasteiger partial charge in [0.15, 0.2) is 11.6 Å². The van der Waals surface area contributed by atoms with Gasteiger partial charge >= 0.3 is 6.36 Å². The van der Waals surface area contributed by atoms with Gasteiger partial charge in [-0.1, -0.05) is 12.1 Å². The number of ether oxygens (including phenoxy) is 1. The fraction of sp³-hybridized carbons (Fsp3) is 0.391. The lowest BCUT2D eigenvalue weighted by Crippen LogP contribution is -2.49. The number of hydrogen-bond donors (Lipinski definition) is 2. The molecule has 1 aliphatic heterocycles. The van der Waals surface area contributed by atoms with Crippen molar-refractivity contribution in [2.24, 2.45) is 5.73 Å². The molecule has 1 fully saturated rings. The lowest BCUT2D eigenvalue weighted by atomic mass is 10.0. The highest BCUT2D eigenvalue weighted by Gasteiger charge is 2.33. The van der Waals surface area contributed by atoms with Crippen molar-refractivity contribution in [3.05, 3.63) is 65.0 Å². The summed E-state index contributed by atoms with van der Waals surface area (Å²) in [4.78, 5) is 27.0. The number of nitrogens with zero attached hydrogens (tertiary/aromatic N) is 1. The van der Waals surface area contributed by atoms with Crippen molar-refractivity contribution < 1.29 is 40.7 Å². The number of benzene rings is 2. The fourth-order valence-electron chi connectivity index (χ4n) is 3.84. The molecule has 1 aliphatic rings. The Balaban J connectivity index is 1.70. The summed E-state index contributed by atoms with van der Waals surface area (Å²) < 4.78 is 81.5. The number of carbonyl (C=O) groups excluding carboxylic acids is 2. The highest BCUT2D eigenvalue weighted by molar-refractivity contribution is 5.88. The molecule has 0 aliphatic carbocycles. The maximum atomic E-state index is 13.9. The maximum Gasteiger partial charge on any atom is 0.573 e. The first-order chi connectivity index (χ1) is 16.4. The van der Waals surface area contributed by atoms with Crippen LogP contribution in [-0.2, 0) is 22.4 Å². The first-order valence-corrected chi connectivity index (χ1v) is 10.7. The molecule has 6 nitrogen and oxygen atoms in total. The van der Waals surface area contributed by atoms with Crippen LogP contribution in [0.15, 0.2) is 36.4 Å². The molecule has 3 rings (SSSR count). The Morgan fingerprint density at radius 2 is 1.77 bits per heavy atom. The predicted molar refractivity (Wildman–Crippen MR) is 113 cm³/mol. The number of amides is 2. The average Bonchev–Trinajstić information content (AvgIpc) is 2.94. The summed E-state index contributed by atoms with van der Waals surface area (Å²) in [6.45, 7) is 0.535. The van der Waals surface area contributed by atoms with Crippen LogP contribution in [0.5, 0.6) is 5.75 Å². The predicted octanol–water partition coefficient (Wildman–Crippen LogP) is 3.22. The van der Waals surface area contributed by atoms with Gasteiger partial charge in [-0.2, -0.15) is 0 Å². The molecule has 1 saturated heterocycles. The summed E-state index contributed by atoms with van der Waals surface area (Å²) in [6, 6.07) is 4.13. The van der Waals surface area contributed by atoms with Crippen LogP contribution in [0.2, 0.25) is 0 Å². The van der Waals surface area contributed by atoms with Gasteiger partial charge in [-0.05, 0) is 42.2 Å². The van der Waals surface area contributed by atoms with E-state index in [9.17, 15) is 35.9 Å². The number of carbonyl (C=O) groups is 2. The van der Waals surface area contributed by atoms with Crippen LogP contribution in [0.4, 0.5) is 26.3 Å². The topological polar surface area (TPSA) is 84.7 Å². The molecule has 2 atom stereocenters. The van der Waals surface area contributed by atoms with Gasteiger partial charge in [-0.15, -0.1) is 13.2 Å². The van der Waals surface area contributed by atoms with Gasteiger partial charge in [0.05, 0.1) is 0 Å². The SMILES string of the molecule is NC(CC(=O)N1CCCNC(=O)[C@H]1Cc1ccc(OC(F)(F)F)cc1)Cc1cc(F)c(F)cc1F. The minimum absolute atomic E-state index is 0.0247. The number of nitrogens with two attached hydrogens (primary N) is 1. The maximum absolute atomic E-state index is 13.9. The van der Waals surface area contributed by atoms with Crippen LogP contribution >= 0.6 is 0 Å². The molecule has 0 radical (unpaired) electrons. The van der Waals surface area contributed by atoms with Crippen molar-refractivity contribution in [2.75, 3.05) is 13.1 Å². The molecular formula is C23H23F6N3O3. The van der Waals surface area contributed by atoms with E-state index < -0.39 is 53.5 Å².